The van der Waals surface area contributed by atoms with Gasteiger partial charge in [-0.1, -0.05) is 141 Å². The molecule has 36 heavy (non-hydrogen) atoms. The highest BCUT2D eigenvalue weighted by Crippen LogP contribution is 2.22. The van der Waals surface area contributed by atoms with E-state index in [1.165, 1.54) is 89.9 Å². The molecule has 1 aromatic carbocycles. The Labute approximate surface area is 223 Å². The van der Waals surface area contributed by atoms with Crippen LogP contribution in [0.5, 0.6) is 5.75 Å². The molecule has 0 saturated heterocycles. The fourth-order valence-electron chi connectivity index (χ4n) is 4.92. The van der Waals surface area contributed by atoms with Crippen molar-refractivity contribution in [2.75, 3.05) is 0 Å². The van der Waals surface area contributed by atoms with E-state index in [0.717, 1.165) is 62.7 Å². The van der Waals surface area contributed by atoms with Crippen molar-refractivity contribution in [3.05, 3.63) is 29.8 Å². The molecule has 0 spiro atoms. The highest BCUT2D eigenvalue weighted by atomic mass is 16.5. The molecule has 1 atom stereocenters. The van der Waals surface area contributed by atoms with Crippen molar-refractivity contribution in [1.29, 1.82) is 0 Å². The van der Waals surface area contributed by atoms with E-state index in [1.54, 1.807) is 0 Å². The molecule has 0 saturated carbocycles. The Bertz CT molecular complexity index is 627. The molecule has 0 amide bonds. The van der Waals surface area contributed by atoms with Gasteiger partial charge in [0, 0.05) is 6.42 Å². The van der Waals surface area contributed by atoms with Gasteiger partial charge in [0.05, 0.1) is 6.10 Å². The first-order valence-electron chi connectivity index (χ1n) is 15.6. The van der Waals surface area contributed by atoms with Gasteiger partial charge >= 0.3 is 5.97 Å². The Hall–Kier alpha value is -1.35. The minimum atomic E-state index is -0.181. The maximum atomic E-state index is 12.4. The third kappa shape index (κ3) is 18.9. The SMILES string of the molecule is CCCCCCCCCCCC(O)CCCCCC(=O)Oc1ccccc1CCCCCCCCC. The van der Waals surface area contributed by atoms with Crippen molar-refractivity contribution in [1.82, 2.24) is 0 Å². The second kappa shape index (κ2) is 24.0. The molecule has 0 aromatic heterocycles. The maximum Gasteiger partial charge on any atom is 0.311 e. The summed E-state index contributed by atoms with van der Waals surface area (Å²) in [6.07, 6.45) is 26.7. The standard InChI is InChI=1S/C33H58O3/c1-3-5-7-9-11-12-14-16-19-26-31(34)27-20-17-21-29-33(35)36-32-28-23-22-25-30(32)24-18-15-13-10-8-6-4-2/h22-23,25,28,31,34H,3-21,24,26-27,29H2,1-2H3. The van der Waals surface area contributed by atoms with Gasteiger partial charge in [-0.25, -0.2) is 0 Å². The first kappa shape index (κ1) is 32.7. The smallest absolute Gasteiger partial charge is 0.311 e. The van der Waals surface area contributed by atoms with Gasteiger partial charge in [0.15, 0.2) is 0 Å². The average Bonchev–Trinajstić information content (AvgIpc) is 2.88. The average molecular weight is 503 g/mol. The highest BCUT2D eigenvalue weighted by Gasteiger charge is 2.10. The number of esters is 1. The van der Waals surface area contributed by atoms with E-state index >= 15 is 0 Å². The van der Waals surface area contributed by atoms with E-state index in [1.807, 2.05) is 18.2 Å². The lowest BCUT2D eigenvalue weighted by Crippen LogP contribution is -2.09. The van der Waals surface area contributed by atoms with Crippen LogP contribution in [0.3, 0.4) is 0 Å². The normalized spacial score (nSPS) is 12.1. The number of benzene rings is 1. The number of hydrogen-bond donors (Lipinski definition) is 1. The number of hydrogen-bond acceptors (Lipinski definition) is 3. The molecule has 0 heterocycles. The molecule has 0 radical (unpaired) electrons. The van der Waals surface area contributed by atoms with E-state index in [-0.39, 0.29) is 12.1 Å². The van der Waals surface area contributed by atoms with Crippen LogP contribution in [0.1, 0.15) is 161 Å². The summed E-state index contributed by atoms with van der Waals surface area (Å²) in [4.78, 5) is 12.4. The van der Waals surface area contributed by atoms with Crippen molar-refractivity contribution >= 4 is 5.97 Å². The Kier molecular flexibility index (Phi) is 21.8. The summed E-state index contributed by atoms with van der Waals surface area (Å²) in [6.45, 7) is 4.51. The molecule has 0 aliphatic heterocycles. The van der Waals surface area contributed by atoms with Crippen LogP contribution < -0.4 is 4.74 Å². The Balaban J connectivity index is 2.06. The van der Waals surface area contributed by atoms with Gasteiger partial charge in [0.2, 0.25) is 0 Å². The first-order chi connectivity index (χ1) is 17.7. The van der Waals surface area contributed by atoms with Crippen molar-refractivity contribution in [2.24, 2.45) is 0 Å². The molecule has 3 nitrogen and oxygen atoms in total. The lowest BCUT2D eigenvalue weighted by molar-refractivity contribution is -0.134. The van der Waals surface area contributed by atoms with Gasteiger partial charge < -0.3 is 9.84 Å². The minimum Gasteiger partial charge on any atom is -0.426 e. The number of ether oxygens (including phenoxy) is 1. The Morgan fingerprint density at radius 1 is 0.667 bits per heavy atom. The number of carbonyl (C=O) groups is 1. The molecule has 0 aliphatic carbocycles. The van der Waals surface area contributed by atoms with Crippen LogP contribution in [-0.2, 0) is 11.2 Å². The third-order valence-corrected chi connectivity index (χ3v) is 7.31. The fourth-order valence-corrected chi connectivity index (χ4v) is 4.92. The van der Waals surface area contributed by atoms with Crippen LogP contribution in [0.25, 0.3) is 0 Å². The quantitative estimate of drug-likeness (QED) is 0.0821. The summed E-state index contributed by atoms with van der Waals surface area (Å²) in [5.74, 6) is 0.613. The molecule has 0 bridgehead atoms. The Morgan fingerprint density at radius 2 is 1.14 bits per heavy atom. The highest BCUT2D eigenvalue weighted by molar-refractivity contribution is 5.72. The summed E-state index contributed by atoms with van der Waals surface area (Å²) in [7, 11) is 0. The lowest BCUT2D eigenvalue weighted by atomic mass is 10.0. The van der Waals surface area contributed by atoms with Crippen LogP contribution in [0.15, 0.2) is 24.3 Å². The van der Waals surface area contributed by atoms with Gasteiger partial charge in [-0.05, 0) is 43.7 Å². The van der Waals surface area contributed by atoms with E-state index in [9.17, 15) is 9.90 Å². The molecule has 1 N–H and O–H groups in total. The second-order valence-electron chi connectivity index (χ2n) is 10.8. The van der Waals surface area contributed by atoms with Gasteiger partial charge in [0.25, 0.3) is 0 Å². The number of carbonyl (C=O) groups excluding carboxylic acids is 1. The van der Waals surface area contributed by atoms with Gasteiger partial charge in [-0.15, -0.1) is 0 Å². The monoisotopic (exact) mass is 502 g/mol. The van der Waals surface area contributed by atoms with E-state index in [4.69, 9.17) is 4.74 Å². The number of rotatable bonds is 25. The van der Waals surface area contributed by atoms with Crippen molar-refractivity contribution in [3.8, 4) is 5.75 Å². The van der Waals surface area contributed by atoms with E-state index in [2.05, 4.69) is 19.9 Å². The van der Waals surface area contributed by atoms with Gasteiger partial charge in [0.1, 0.15) is 5.75 Å². The molecule has 1 rings (SSSR count). The number of unbranched alkanes of at least 4 members (excludes halogenated alkanes) is 16. The number of para-hydroxylation sites is 1. The van der Waals surface area contributed by atoms with Crippen LogP contribution in [0, 0.1) is 0 Å². The van der Waals surface area contributed by atoms with Crippen LogP contribution >= 0.6 is 0 Å². The van der Waals surface area contributed by atoms with Crippen LogP contribution in [-0.4, -0.2) is 17.2 Å². The minimum absolute atomic E-state index is 0.128. The largest absolute Gasteiger partial charge is 0.426 e. The molecule has 208 valence electrons. The van der Waals surface area contributed by atoms with Crippen molar-refractivity contribution in [3.63, 3.8) is 0 Å². The second-order valence-corrected chi connectivity index (χ2v) is 10.8. The number of aliphatic hydroxyl groups excluding tert-OH is 1. The molecule has 1 aromatic rings. The molecule has 1 unspecified atom stereocenters. The Morgan fingerprint density at radius 3 is 1.72 bits per heavy atom. The predicted molar refractivity (Wildman–Crippen MR) is 155 cm³/mol. The fraction of sp³-hybridized carbons (Fsp3) is 0.788. The summed E-state index contributed by atoms with van der Waals surface area (Å²) in [6, 6.07) is 8.01. The zero-order valence-electron chi connectivity index (χ0n) is 23.9. The third-order valence-electron chi connectivity index (χ3n) is 7.31. The molecule has 3 heteroatoms. The zero-order valence-corrected chi connectivity index (χ0v) is 23.9. The van der Waals surface area contributed by atoms with E-state index in [0.29, 0.717) is 6.42 Å². The summed E-state index contributed by atoms with van der Waals surface area (Å²) < 4.78 is 5.71. The van der Waals surface area contributed by atoms with Crippen LogP contribution in [0.4, 0.5) is 0 Å². The summed E-state index contributed by atoms with van der Waals surface area (Å²) >= 11 is 0. The zero-order chi connectivity index (χ0) is 26.1. The van der Waals surface area contributed by atoms with Crippen molar-refractivity contribution in [2.45, 2.75) is 168 Å². The molecular weight excluding hydrogens is 444 g/mol. The van der Waals surface area contributed by atoms with Crippen molar-refractivity contribution < 1.29 is 14.6 Å². The maximum absolute atomic E-state index is 12.4. The first-order valence-corrected chi connectivity index (χ1v) is 15.6. The summed E-state index contributed by atoms with van der Waals surface area (Å²) in [5, 5.41) is 10.2. The molecule has 0 aliphatic rings. The predicted octanol–water partition coefficient (Wildman–Crippen LogP) is 10.1. The number of aliphatic hydroxyl groups is 1. The molecular formula is C33H58O3. The van der Waals surface area contributed by atoms with Crippen LogP contribution in [0.2, 0.25) is 0 Å². The molecule has 0 fully saturated rings. The van der Waals surface area contributed by atoms with Gasteiger partial charge in [-0.3, -0.25) is 4.79 Å². The lowest BCUT2D eigenvalue weighted by Gasteiger charge is -2.11. The number of aryl methyl sites for hydroxylation is 1. The van der Waals surface area contributed by atoms with Gasteiger partial charge in [-0.2, -0.15) is 0 Å². The topological polar surface area (TPSA) is 46.5 Å². The summed E-state index contributed by atoms with van der Waals surface area (Å²) in [5.41, 5.74) is 1.15. The van der Waals surface area contributed by atoms with E-state index < -0.39 is 0 Å².